The summed E-state index contributed by atoms with van der Waals surface area (Å²) < 4.78 is 5.45. The Kier molecular flexibility index (Phi) is 6.18. The summed E-state index contributed by atoms with van der Waals surface area (Å²) in [5.41, 5.74) is -0.890. The van der Waals surface area contributed by atoms with E-state index in [4.69, 9.17) is 4.74 Å². The molecule has 0 saturated heterocycles. The van der Waals surface area contributed by atoms with Gasteiger partial charge < -0.3 is 4.74 Å². The zero-order valence-electron chi connectivity index (χ0n) is 14.0. The van der Waals surface area contributed by atoms with Crippen LogP contribution in [0.3, 0.4) is 0 Å². The maximum Gasteiger partial charge on any atom is 0.309 e. The van der Waals surface area contributed by atoms with Crippen molar-refractivity contribution < 1.29 is 14.3 Å². The summed E-state index contributed by atoms with van der Waals surface area (Å²) in [6, 6.07) is 0. The summed E-state index contributed by atoms with van der Waals surface area (Å²) in [4.78, 5) is 24.8. The van der Waals surface area contributed by atoms with Crippen LogP contribution < -0.4 is 0 Å². The number of hydrogen-bond donors (Lipinski definition) is 0. The average molecular weight is 294 g/mol. The molecule has 3 heteroatoms. The molecule has 1 fully saturated rings. The van der Waals surface area contributed by atoms with E-state index in [2.05, 4.69) is 6.58 Å². The highest BCUT2D eigenvalue weighted by Gasteiger charge is 2.40. The van der Waals surface area contributed by atoms with Gasteiger partial charge in [-0.1, -0.05) is 25.8 Å². The second-order valence-electron chi connectivity index (χ2n) is 7.40. The van der Waals surface area contributed by atoms with Gasteiger partial charge in [0.15, 0.2) is 0 Å². The fraction of sp³-hybridized carbons (Fsp3) is 0.778. The van der Waals surface area contributed by atoms with Crippen LogP contribution in [-0.2, 0) is 14.3 Å². The van der Waals surface area contributed by atoms with E-state index in [1.54, 1.807) is 0 Å². The Labute approximate surface area is 129 Å². The lowest BCUT2D eigenvalue weighted by Gasteiger charge is -2.33. The Balaban J connectivity index is 2.83. The number of Topliss-reactive ketones (excluding diaryl/α,β-unsaturated/α-hetero) is 1. The van der Waals surface area contributed by atoms with E-state index in [-0.39, 0.29) is 11.9 Å². The van der Waals surface area contributed by atoms with Gasteiger partial charge in [-0.15, -0.1) is 6.58 Å². The Bertz CT molecular complexity index is 392. The molecule has 0 N–H and O–H groups in total. The van der Waals surface area contributed by atoms with Gasteiger partial charge in [-0.3, -0.25) is 9.59 Å². The van der Waals surface area contributed by atoms with Crippen LogP contribution in [0.15, 0.2) is 12.7 Å². The molecule has 0 heterocycles. The van der Waals surface area contributed by atoms with E-state index in [9.17, 15) is 9.59 Å². The Morgan fingerprint density at radius 1 is 1.38 bits per heavy atom. The molecule has 1 saturated carbocycles. The number of ketones is 1. The molecule has 1 aliphatic rings. The third kappa shape index (κ3) is 5.29. The predicted molar refractivity (Wildman–Crippen MR) is 85.0 cm³/mol. The number of rotatable bonds is 5. The number of esters is 1. The van der Waals surface area contributed by atoms with Crippen LogP contribution in [0.1, 0.15) is 72.6 Å². The van der Waals surface area contributed by atoms with Crippen molar-refractivity contribution in [2.75, 3.05) is 0 Å². The van der Waals surface area contributed by atoms with Gasteiger partial charge >= 0.3 is 5.97 Å². The van der Waals surface area contributed by atoms with Crippen LogP contribution in [-0.4, -0.2) is 17.4 Å². The monoisotopic (exact) mass is 294 g/mol. The van der Waals surface area contributed by atoms with E-state index in [1.165, 1.54) is 0 Å². The first-order chi connectivity index (χ1) is 9.70. The summed E-state index contributed by atoms with van der Waals surface area (Å²) >= 11 is 0. The zero-order valence-corrected chi connectivity index (χ0v) is 14.0. The minimum absolute atomic E-state index is 0.206. The Morgan fingerprint density at radius 3 is 2.62 bits per heavy atom. The third-order valence-corrected chi connectivity index (χ3v) is 4.19. The molecule has 0 amide bonds. The molecule has 0 aromatic carbocycles. The molecule has 0 aromatic heterocycles. The molecular formula is C18H30O3. The lowest BCUT2D eigenvalue weighted by Crippen LogP contribution is -2.35. The van der Waals surface area contributed by atoms with Crippen molar-refractivity contribution in [1.82, 2.24) is 0 Å². The Morgan fingerprint density at radius 2 is 2.05 bits per heavy atom. The van der Waals surface area contributed by atoms with Gasteiger partial charge in [0.1, 0.15) is 11.4 Å². The minimum atomic E-state index is -0.482. The van der Waals surface area contributed by atoms with Gasteiger partial charge in [0, 0.05) is 11.8 Å². The molecular weight excluding hydrogens is 264 g/mol. The number of ether oxygens (including phenoxy) is 1. The van der Waals surface area contributed by atoms with Crippen LogP contribution in [0.5, 0.6) is 0 Å². The first kappa shape index (κ1) is 17.9. The number of carbonyl (C=O) groups is 2. The molecule has 3 nitrogen and oxygen atoms in total. The van der Waals surface area contributed by atoms with Crippen LogP contribution in [0.25, 0.3) is 0 Å². The average Bonchev–Trinajstić information content (AvgIpc) is 2.51. The van der Waals surface area contributed by atoms with Crippen molar-refractivity contribution >= 4 is 11.8 Å². The largest absolute Gasteiger partial charge is 0.460 e. The molecule has 0 spiro atoms. The minimum Gasteiger partial charge on any atom is -0.460 e. The molecule has 1 rings (SSSR count). The molecule has 21 heavy (non-hydrogen) atoms. The summed E-state index contributed by atoms with van der Waals surface area (Å²) in [7, 11) is 0. The molecule has 0 bridgehead atoms. The molecule has 0 radical (unpaired) electrons. The summed E-state index contributed by atoms with van der Waals surface area (Å²) in [6.07, 6.45) is 7.70. The van der Waals surface area contributed by atoms with Crippen molar-refractivity contribution in [3.63, 3.8) is 0 Å². The first-order valence-corrected chi connectivity index (χ1v) is 8.07. The van der Waals surface area contributed by atoms with Gasteiger partial charge in [-0.2, -0.15) is 0 Å². The maximum atomic E-state index is 12.6. The van der Waals surface area contributed by atoms with E-state index < -0.39 is 11.0 Å². The quantitative estimate of drug-likeness (QED) is 0.427. The highest BCUT2D eigenvalue weighted by atomic mass is 16.6. The van der Waals surface area contributed by atoms with Gasteiger partial charge in [0.25, 0.3) is 0 Å². The fourth-order valence-electron chi connectivity index (χ4n) is 3.19. The van der Waals surface area contributed by atoms with E-state index in [0.717, 1.165) is 25.7 Å². The fourth-order valence-corrected chi connectivity index (χ4v) is 3.19. The number of allylic oxidation sites excluding steroid dienone is 1. The van der Waals surface area contributed by atoms with Crippen LogP contribution >= 0.6 is 0 Å². The molecule has 120 valence electrons. The molecule has 2 unspecified atom stereocenters. The van der Waals surface area contributed by atoms with Crippen molar-refractivity contribution in [3.05, 3.63) is 12.7 Å². The van der Waals surface area contributed by atoms with Gasteiger partial charge in [0.05, 0.1) is 5.92 Å². The van der Waals surface area contributed by atoms with Crippen LogP contribution in [0.2, 0.25) is 0 Å². The predicted octanol–water partition coefficient (Wildman–Crippen LogP) is 4.45. The van der Waals surface area contributed by atoms with E-state index in [0.29, 0.717) is 25.0 Å². The highest BCUT2D eigenvalue weighted by molar-refractivity contribution is 5.86. The summed E-state index contributed by atoms with van der Waals surface area (Å²) in [5.74, 6) is -0.162. The standard InChI is InChI=1S/C18H30O3/c1-6-11-18(12-9-7-8-10-15(18)19)13-14(2)16(20)21-17(3,4)5/h6,14H,1,7-13H2,2-5H3. The van der Waals surface area contributed by atoms with Crippen molar-refractivity contribution in [2.24, 2.45) is 11.3 Å². The van der Waals surface area contributed by atoms with Gasteiger partial charge in [-0.25, -0.2) is 0 Å². The normalized spacial score (nSPS) is 25.0. The summed E-state index contributed by atoms with van der Waals surface area (Å²) in [5, 5.41) is 0. The third-order valence-electron chi connectivity index (χ3n) is 4.19. The van der Waals surface area contributed by atoms with Crippen molar-refractivity contribution in [2.45, 2.75) is 78.2 Å². The molecule has 1 aliphatic carbocycles. The van der Waals surface area contributed by atoms with Gasteiger partial charge in [-0.05, 0) is 46.5 Å². The topological polar surface area (TPSA) is 43.4 Å². The highest BCUT2D eigenvalue weighted by Crippen LogP contribution is 2.41. The molecule has 0 aromatic rings. The van der Waals surface area contributed by atoms with Crippen LogP contribution in [0.4, 0.5) is 0 Å². The zero-order chi connectivity index (χ0) is 16.1. The SMILES string of the molecule is C=CCC1(CC(C)C(=O)OC(C)(C)C)CCCCCC1=O. The smallest absolute Gasteiger partial charge is 0.309 e. The lowest BCUT2D eigenvalue weighted by molar-refractivity contribution is -0.160. The van der Waals surface area contributed by atoms with E-state index >= 15 is 0 Å². The van der Waals surface area contributed by atoms with Crippen molar-refractivity contribution in [3.8, 4) is 0 Å². The first-order valence-electron chi connectivity index (χ1n) is 8.07. The molecule has 0 aliphatic heterocycles. The van der Waals surface area contributed by atoms with Crippen molar-refractivity contribution in [1.29, 1.82) is 0 Å². The maximum absolute atomic E-state index is 12.6. The second kappa shape index (κ2) is 7.24. The lowest BCUT2D eigenvalue weighted by atomic mass is 9.70. The second-order valence-corrected chi connectivity index (χ2v) is 7.40. The summed E-state index contributed by atoms with van der Waals surface area (Å²) in [6.45, 7) is 11.3. The number of hydrogen-bond acceptors (Lipinski definition) is 3. The van der Waals surface area contributed by atoms with Gasteiger partial charge in [0.2, 0.25) is 0 Å². The number of carbonyl (C=O) groups excluding carboxylic acids is 2. The molecule has 2 atom stereocenters. The van der Waals surface area contributed by atoms with E-state index in [1.807, 2.05) is 33.8 Å². The van der Waals surface area contributed by atoms with Crippen LogP contribution in [0, 0.1) is 11.3 Å². The Hall–Kier alpha value is -1.12.